The second kappa shape index (κ2) is 17.2. The minimum Gasteiger partial charge on any atom is -0.504 e. The number of aliphatic imine (C=N–C) groups is 1. The lowest BCUT2D eigenvalue weighted by atomic mass is 9.72. The first-order valence-electron chi connectivity index (χ1n) is 18.1. The Morgan fingerprint density at radius 2 is 2.04 bits per heavy atom. The van der Waals surface area contributed by atoms with Gasteiger partial charge in [-0.05, 0) is 82.7 Å². The number of allylic oxidation sites excluding steroid dienone is 1. The van der Waals surface area contributed by atoms with E-state index in [0.717, 1.165) is 73.9 Å². The maximum Gasteiger partial charge on any atom is 0.196 e. The SMILES string of the molecule is CCCCC1[OH+][C-](CCc2ccc(O)c(OC[C@H](NC)C3=C[C+]4C(=N3)CC[C@H]3CCC[C@@H]3[C@@H]4[C@H](CNC)NC[C@H](C)O)c2)C=C1CO. The van der Waals surface area contributed by atoms with E-state index in [1.807, 2.05) is 33.2 Å². The number of aromatic hydroxyl groups is 1. The van der Waals surface area contributed by atoms with Gasteiger partial charge < -0.3 is 35.4 Å². The first-order chi connectivity index (χ1) is 22.8. The van der Waals surface area contributed by atoms with Crippen LogP contribution in [0.3, 0.4) is 0 Å². The third-order valence-corrected chi connectivity index (χ3v) is 10.6. The molecule has 0 saturated heterocycles. The van der Waals surface area contributed by atoms with Gasteiger partial charge in [0.25, 0.3) is 0 Å². The number of fused-ring (bicyclic) bond motifs is 2. The van der Waals surface area contributed by atoms with Gasteiger partial charge in [0, 0.05) is 38.6 Å². The summed E-state index contributed by atoms with van der Waals surface area (Å²) in [7, 11) is 3.94. The number of aliphatic hydroxyl groups is 4. The van der Waals surface area contributed by atoms with Crippen molar-refractivity contribution in [3.63, 3.8) is 0 Å². The Bertz CT molecular complexity index is 1250. The molecule has 7 atom stereocenters. The summed E-state index contributed by atoms with van der Waals surface area (Å²) in [6.07, 6.45) is 15.9. The van der Waals surface area contributed by atoms with E-state index in [4.69, 9.17) is 14.5 Å². The van der Waals surface area contributed by atoms with Crippen molar-refractivity contribution < 1.29 is 24.8 Å². The molecule has 1 aromatic carbocycles. The van der Waals surface area contributed by atoms with Crippen molar-refractivity contribution in [2.45, 2.75) is 102 Å². The number of rotatable bonds is 18. The van der Waals surface area contributed by atoms with Crippen molar-refractivity contribution in [3.05, 3.63) is 59.2 Å². The van der Waals surface area contributed by atoms with Gasteiger partial charge in [0.05, 0.1) is 18.1 Å². The van der Waals surface area contributed by atoms with Crippen LogP contribution >= 0.6 is 0 Å². The molecular weight excluding hydrogens is 592 g/mol. The number of unbranched alkanes of at least 4 members (excludes halogenated alkanes) is 1. The van der Waals surface area contributed by atoms with Crippen molar-refractivity contribution >= 4 is 5.71 Å². The van der Waals surface area contributed by atoms with Crippen LogP contribution in [0.25, 0.3) is 0 Å². The normalized spacial score (nSPS) is 25.9. The third-order valence-electron chi connectivity index (χ3n) is 10.6. The fraction of sp³-hybridized carbons (Fsp3) is 0.658. The molecule has 47 heavy (non-hydrogen) atoms. The molecule has 0 bridgehead atoms. The molecule has 260 valence electrons. The number of hydrogen-bond donors (Lipinski definition) is 6. The van der Waals surface area contributed by atoms with Gasteiger partial charge in [-0.3, -0.25) is 5.32 Å². The first-order valence-corrected chi connectivity index (χ1v) is 18.1. The van der Waals surface area contributed by atoms with Gasteiger partial charge in [0.2, 0.25) is 0 Å². The van der Waals surface area contributed by atoms with Crippen LogP contribution in [-0.2, 0) is 6.42 Å². The summed E-state index contributed by atoms with van der Waals surface area (Å²) < 4.78 is 11.2. The van der Waals surface area contributed by atoms with Crippen LogP contribution in [0.5, 0.6) is 11.5 Å². The Morgan fingerprint density at radius 1 is 1.19 bits per heavy atom. The lowest BCUT2D eigenvalue weighted by molar-refractivity contribution is -0.0550. The zero-order valence-electron chi connectivity index (χ0n) is 29.0. The summed E-state index contributed by atoms with van der Waals surface area (Å²) in [4.78, 5) is 5.22. The molecule has 1 unspecified atom stereocenters. The highest BCUT2D eigenvalue weighted by molar-refractivity contribution is 6.03. The lowest BCUT2D eigenvalue weighted by Gasteiger charge is -2.33. The van der Waals surface area contributed by atoms with E-state index in [0.29, 0.717) is 30.7 Å². The van der Waals surface area contributed by atoms with Gasteiger partial charge in [-0.15, -0.1) is 16.6 Å². The van der Waals surface area contributed by atoms with Crippen LogP contribution in [0.15, 0.2) is 46.6 Å². The summed E-state index contributed by atoms with van der Waals surface area (Å²) in [6.45, 7) is 5.82. The molecule has 2 saturated carbocycles. The van der Waals surface area contributed by atoms with Crippen LogP contribution in [0.1, 0.15) is 77.2 Å². The summed E-state index contributed by atoms with van der Waals surface area (Å²) in [5.41, 5.74) is 4.28. The summed E-state index contributed by atoms with van der Waals surface area (Å²) in [6, 6.07) is 5.66. The molecule has 0 spiro atoms. The maximum atomic E-state index is 10.7. The highest BCUT2D eigenvalue weighted by Gasteiger charge is 2.52. The van der Waals surface area contributed by atoms with Crippen molar-refractivity contribution in [1.29, 1.82) is 0 Å². The quantitative estimate of drug-likeness (QED) is 0.104. The number of likely N-dealkylation sites (N-methyl/N-ethyl adjacent to an activating group) is 2. The number of ether oxygens (including phenoxy) is 2. The van der Waals surface area contributed by atoms with Crippen molar-refractivity contribution in [2.75, 3.05) is 40.4 Å². The number of aryl methyl sites for hydroxylation is 1. The lowest BCUT2D eigenvalue weighted by Crippen LogP contribution is -2.50. The fourth-order valence-electron chi connectivity index (χ4n) is 8.15. The van der Waals surface area contributed by atoms with Crippen molar-refractivity contribution in [1.82, 2.24) is 16.0 Å². The van der Waals surface area contributed by atoms with Crippen LogP contribution in [0.4, 0.5) is 0 Å². The summed E-state index contributed by atoms with van der Waals surface area (Å²) in [5.74, 6) is 3.62. The number of hydrogen-bond acceptors (Lipinski definition) is 8. The van der Waals surface area contributed by atoms with Crippen LogP contribution in [0, 0.1) is 29.8 Å². The standard InChI is InChI=1S/C38H58N4O5/c1-5-6-10-36-27(22-43)18-28(47-36)14-11-25-12-16-35(45)37(17-25)46-23-34(40-4)32-19-30-31(42-32)15-13-26-8-7-9-29(26)38(30)33(21-39-3)41-20-24(2)44/h12,16-19,24,26,29,33-34,36,38-41,43-44,47H,5-11,13-15,20-23H2,1-4H3/p+1/t24-,26+,29-,33-,34-,36?,38-/m0/s1. The van der Waals surface area contributed by atoms with E-state index < -0.39 is 6.10 Å². The van der Waals surface area contributed by atoms with Gasteiger partial charge in [0.15, 0.2) is 23.2 Å². The predicted molar refractivity (Wildman–Crippen MR) is 188 cm³/mol. The molecule has 4 aliphatic rings. The second-order valence-electron chi connectivity index (χ2n) is 14.0. The smallest absolute Gasteiger partial charge is 0.196 e. The molecule has 0 amide bonds. The molecule has 0 aromatic heterocycles. The van der Waals surface area contributed by atoms with Crippen LogP contribution in [0.2, 0.25) is 0 Å². The van der Waals surface area contributed by atoms with Gasteiger partial charge in [-0.1, -0.05) is 32.3 Å². The second-order valence-corrected chi connectivity index (χ2v) is 14.0. The highest BCUT2D eigenvalue weighted by Crippen LogP contribution is 2.49. The molecule has 9 heteroatoms. The summed E-state index contributed by atoms with van der Waals surface area (Å²) >= 11 is 0. The van der Waals surface area contributed by atoms with Crippen LogP contribution in [-0.4, -0.2) is 90.5 Å². The third kappa shape index (κ3) is 8.94. The van der Waals surface area contributed by atoms with Crippen LogP contribution < -0.4 is 20.7 Å². The average molecular weight is 652 g/mol. The molecule has 0 radical (unpaired) electrons. The Balaban J connectivity index is 1.25. The van der Waals surface area contributed by atoms with E-state index in [2.05, 4.69) is 35.0 Å². The predicted octanol–water partition coefficient (Wildman–Crippen LogP) is 4.14. The zero-order chi connectivity index (χ0) is 33.3. The molecule has 7 N–H and O–H groups in total. The van der Waals surface area contributed by atoms with Gasteiger partial charge in [-0.2, -0.15) is 0 Å². The molecular formula is C38H59N4O5+. The zero-order valence-corrected chi connectivity index (χ0v) is 29.0. The minimum absolute atomic E-state index is 0.0601. The first kappa shape index (κ1) is 35.8. The minimum atomic E-state index is -0.400. The largest absolute Gasteiger partial charge is 0.504 e. The molecule has 9 nitrogen and oxygen atoms in total. The van der Waals surface area contributed by atoms with E-state index in [1.54, 1.807) is 6.07 Å². The molecule has 2 fully saturated rings. The molecule has 2 aliphatic carbocycles. The van der Waals surface area contributed by atoms with E-state index in [1.165, 1.54) is 37.3 Å². The summed E-state index contributed by atoms with van der Waals surface area (Å²) in [5, 5.41) is 41.1. The van der Waals surface area contributed by atoms with Crippen molar-refractivity contribution in [2.24, 2.45) is 22.7 Å². The number of aliphatic hydroxyl groups excluding tert-OH is 2. The van der Waals surface area contributed by atoms with E-state index in [-0.39, 0.29) is 30.5 Å². The Labute approximate surface area is 282 Å². The number of phenolic OH excluding ortho intramolecular Hbond substituents is 1. The van der Waals surface area contributed by atoms with Gasteiger partial charge in [-0.25, -0.2) is 0 Å². The Kier molecular flexibility index (Phi) is 13.1. The highest BCUT2D eigenvalue weighted by atomic mass is 16.5. The number of benzene rings is 1. The molecule has 2 heterocycles. The Hall–Kier alpha value is -2.53. The van der Waals surface area contributed by atoms with Gasteiger partial charge in [0.1, 0.15) is 30.4 Å². The average Bonchev–Trinajstić information content (AvgIpc) is 3.79. The number of phenols is 1. The molecule has 2 aliphatic heterocycles. The molecule has 1 aromatic rings. The van der Waals surface area contributed by atoms with E-state index in [9.17, 15) is 15.3 Å². The topological polar surface area (TPSA) is 131 Å². The number of nitrogens with one attached hydrogen (secondary N) is 3. The van der Waals surface area contributed by atoms with Gasteiger partial charge >= 0.3 is 0 Å². The molecule has 5 rings (SSSR count). The number of nitrogens with zero attached hydrogens (tertiary/aromatic N) is 1. The maximum absolute atomic E-state index is 10.7. The monoisotopic (exact) mass is 651 g/mol. The van der Waals surface area contributed by atoms with Crippen molar-refractivity contribution in [3.8, 4) is 11.5 Å². The van der Waals surface area contributed by atoms with E-state index >= 15 is 0 Å². The fourth-order valence-corrected chi connectivity index (χ4v) is 8.15. The Morgan fingerprint density at radius 3 is 2.79 bits per heavy atom.